The van der Waals surface area contributed by atoms with Crippen molar-refractivity contribution < 1.29 is 9.53 Å². The smallest absolute Gasteiger partial charge is 0.266 e. The van der Waals surface area contributed by atoms with E-state index < -0.39 is 5.91 Å². The SMILES string of the molecule is C=CCOc1c(Br)cc(Br)cc1/C=C(\C#N)C(=O)Nc1ccccc1. The van der Waals surface area contributed by atoms with Crippen molar-refractivity contribution >= 4 is 49.5 Å². The maximum atomic E-state index is 12.4. The Bertz CT molecular complexity index is 856. The lowest BCUT2D eigenvalue weighted by atomic mass is 10.1. The fourth-order valence-electron chi connectivity index (χ4n) is 2.01. The molecule has 2 aromatic carbocycles. The van der Waals surface area contributed by atoms with Crippen molar-refractivity contribution in [2.45, 2.75) is 0 Å². The lowest BCUT2D eigenvalue weighted by molar-refractivity contribution is -0.112. The summed E-state index contributed by atoms with van der Waals surface area (Å²) in [5.41, 5.74) is 1.19. The van der Waals surface area contributed by atoms with Crippen molar-refractivity contribution in [3.8, 4) is 11.8 Å². The molecule has 0 bridgehead atoms. The van der Waals surface area contributed by atoms with E-state index in [2.05, 4.69) is 43.8 Å². The van der Waals surface area contributed by atoms with E-state index in [1.807, 2.05) is 18.2 Å². The van der Waals surface area contributed by atoms with Crippen LogP contribution in [0.1, 0.15) is 5.56 Å². The van der Waals surface area contributed by atoms with Crippen molar-refractivity contribution in [3.05, 3.63) is 75.2 Å². The highest BCUT2D eigenvalue weighted by atomic mass is 79.9. The second-order valence-electron chi connectivity index (χ2n) is 4.90. The van der Waals surface area contributed by atoms with Crippen LogP contribution in [-0.2, 0) is 4.79 Å². The average molecular weight is 462 g/mol. The molecule has 2 rings (SSSR count). The van der Waals surface area contributed by atoms with Gasteiger partial charge in [0.15, 0.2) is 0 Å². The summed E-state index contributed by atoms with van der Waals surface area (Å²) in [7, 11) is 0. The number of nitrogens with one attached hydrogen (secondary N) is 1. The molecule has 1 amide bonds. The highest BCUT2D eigenvalue weighted by Gasteiger charge is 2.14. The first kappa shape index (κ1) is 19.0. The summed E-state index contributed by atoms with van der Waals surface area (Å²) in [5, 5.41) is 12.1. The summed E-state index contributed by atoms with van der Waals surface area (Å²) in [6, 6.07) is 14.5. The zero-order valence-corrected chi connectivity index (χ0v) is 16.3. The molecule has 0 fully saturated rings. The van der Waals surface area contributed by atoms with Gasteiger partial charge in [-0.05, 0) is 46.3 Å². The second-order valence-corrected chi connectivity index (χ2v) is 6.67. The van der Waals surface area contributed by atoms with Crippen LogP contribution in [0.2, 0.25) is 0 Å². The van der Waals surface area contributed by atoms with Crippen LogP contribution in [0.4, 0.5) is 5.69 Å². The summed E-state index contributed by atoms with van der Waals surface area (Å²) in [5.74, 6) is 0.0443. The quantitative estimate of drug-likeness (QED) is 0.359. The molecule has 0 heterocycles. The molecular formula is C19H14Br2N2O2. The molecule has 0 aliphatic carbocycles. The van der Waals surface area contributed by atoms with Gasteiger partial charge in [-0.1, -0.05) is 46.8 Å². The Morgan fingerprint density at radius 2 is 2.00 bits per heavy atom. The van der Waals surface area contributed by atoms with Gasteiger partial charge in [0.1, 0.15) is 24.0 Å². The number of hydrogen-bond donors (Lipinski definition) is 1. The Balaban J connectivity index is 2.37. The van der Waals surface area contributed by atoms with E-state index in [4.69, 9.17) is 4.74 Å². The standard InChI is InChI=1S/C19H14Br2N2O2/c1-2-8-25-18-13(10-15(20)11-17(18)21)9-14(12-22)19(24)23-16-6-4-3-5-7-16/h2-7,9-11H,1,8H2,(H,23,24)/b14-9+. The van der Waals surface area contributed by atoms with Crippen LogP contribution in [0.15, 0.2) is 69.6 Å². The van der Waals surface area contributed by atoms with Gasteiger partial charge in [-0.25, -0.2) is 0 Å². The minimum Gasteiger partial charge on any atom is -0.488 e. The van der Waals surface area contributed by atoms with Gasteiger partial charge in [0.25, 0.3) is 5.91 Å². The number of rotatable bonds is 6. The molecule has 0 radical (unpaired) electrons. The zero-order valence-electron chi connectivity index (χ0n) is 13.1. The van der Waals surface area contributed by atoms with Crippen LogP contribution in [-0.4, -0.2) is 12.5 Å². The molecule has 2 aromatic rings. The highest BCUT2D eigenvalue weighted by molar-refractivity contribution is 9.11. The largest absolute Gasteiger partial charge is 0.488 e. The predicted molar refractivity (Wildman–Crippen MR) is 106 cm³/mol. The van der Waals surface area contributed by atoms with Gasteiger partial charge < -0.3 is 10.1 Å². The molecule has 0 aliphatic heterocycles. The van der Waals surface area contributed by atoms with Gasteiger partial charge >= 0.3 is 0 Å². The van der Waals surface area contributed by atoms with Gasteiger partial charge in [-0.2, -0.15) is 5.26 Å². The first-order valence-corrected chi connectivity index (χ1v) is 8.84. The third-order valence-corrected chi connectivity index (χ3v) is 4.13. The fraction of sp³-hybridized carbons (Fsp3) is 0.0526. The number of ether oxygens (including phenoxy) is 1. The molecule has 4 nitrogen and oxygen atoms in total. The monoisotopic (exact) mass is 460 g/mol. The Morgan fingerprint density at radius 3 is 2.64 bits per heavy atom. The van der Waals surface area contributed by atoms with E-state index in [0.29, 0.717) is 28.1 Å². The van der Waals surface area contributed by atoms with Crippen LogP contribution in [0.3, 0.4) is 0 Å². The molecule has 0 unspecified atom stereocenters. The van der Waals surface area contributed by atoms with E-state index in [9.17, 15) is 10.1 Å². The summed E-state index contributed by atoms with van der Waals surface area (Å²) < 4.78 is 7.14. The molecule has 1 N–H and O–H groups in total. The molecule has 126 valence electrons. The Morgan fingerprint density at radius 1 is 1.28 bits per heavy atom. The fourth-order valence-corrected chi connectivity index (χ4v) is 3.38. The van der Waals surface area contributed by atoms with Crippen LogP contribution in [0, 0.1) is 11.3 Å². The van der Waals surface area contributed by atoms with E-state index in [1.54, 1.807) is 36.4 Å². The minimum atomic E-state index is -0.487. The number of halogens is 2. The van der Waals surface area contributed by atoms with Crippen molar-refractivity contribution in [2.24, 2.45) is 0 Å². The Labute approximate surface area is 163 Å². The number of anilines is 1. The van der Waals surface area contributed by atoms with Gasteiger partial charge in [0.05, 0.1) is 4.47 Å². The molecule has 25 heavy (non-hydrogen) atoms. The highest BCUT2D eigenvalue weighted by Crippen LogP contribution is 2.34. The second kappa shape index (κ2) is 9.21. The number of nitrogens with zero attached hydrogens (tertiary/aromatic N) is 1. The molecular weight excluding hydrogens is 448 g/mol. The van der Waals surface area contributed by atoms with Gasteiger partial charge in [0, 0.05) is 15.7 Å². The van der Waals surface area contributed by atoms with Gasteiger partial charge in [-0.15, -0.1) is 0 Å². The number of carbonyl (C=O) groups excluding carboxylic acids is 1. The third-order valence-electron chi connectivity index (χ3n) is 3.08. The van der Waals surface area contributed by atoms with Crippen LogP contribution < -0.4 is 10.1 Å². The topological polar surface area (TPSA) is 62.1 Å². The van der Waals surface area contributed by atoms with Crippen molar-refractivity contribution in [3.63, 3.8) is 0 Å². The van der Waals surface area contributed by atoms with E-state index in [-0.39, 0.29) is 5.57 Å². The maximum Gasteiger partial charge on any atom is 0.266 e. The normalized spacial score (nSPS) is 10.7. The van der Waals surface area contributed by atoms with Crippen molar-refractivity contribution in [2.75, 3.05) is 11.9 Å². The summed E-state index contributed by atoms with van der Waals surface area (Å²) >= 11 is 6.83. The molecule has 0 aromatic heterocycles. The van der Waals surface area contributed by atoms with Gasteiger partial charge in [0.2, 0.25) is 0 Å². The molecule has 0 saturated carbocycles. The van der Waals surface area contributed by atoms with Crippen LogP contribution in [0.25, 0.3) is 6.08 Å². The first-order valence-electron chi connectivity index (χ1n) is 7.26. The number of hydrogen-bond acceptors (Lipinski definition) is 3. The number of para-hydroxylation sites is 1. The molecule has 0 saturated heterocycles. The number of amides is 1. The van der Waals surface area contributed by atoms with E-state index in [0.717, 1.165) is 4.47 Å². The maximum absolute atomic E-state index is 12.4. The third kappa shape index (κ3) is 5.31. The Hall–Kier alpha value is -2.36. The van der Waals surface area contributed by atoms with Crippen LogP contribution >= 0.6 is 31.9 Å². The zero-order chi connectivity index (χ0) is 18.2. The van der Waals surface area contributed by atoms with Crippen LogP contribution in [0.5, 0.6) is 5.75 Å². The molecule has 6 heteroatoms. The van der Waals surface area contributed by atoms with E-state index in [1.165, 1.54) is 6.08 Å². The number of benzene rings is 2. The predicted octanol–water partition coefficient (Wildman–Crippen LogP) is 5.32. The summed E-state index contributed by atoms with van der Waals surface area (Å²) in [4.78, 5) is 12.4. The molecule has 0 aliphatic rings. The van der Waals surface area contributed by atoms with Crippen molar-refractivity contribution in [1.29, 1.82) is 5.26 Å². The number of carbonyl (C=O) groups is 1. The summed E-state index contributed by atoms with van der Waals surface area (Å²) in [6.45, 7) is 3.93. The first-order chi connectivity index (χ1) is 12.0. The average Bonchev–Trinajstić information content (AvgIpc) is 2.59. The van der Waals surface area contributed by atoms with Gasteiger partial charge in [-0.3, -0.25) is 4.79 Å². The Kier molecular flexibility index (Phi) is 6.99. The molecule has 0 spiro atoms. The number of nitriles is 1. The lowest BCUT2D eigenvalue weighted by Gasteiger charge is -2.11. The minimum absolute atomic E-state index is 0.0303. The van der Waals surface area contributed by atoms with E-state index >= 15 is 0 Å². The lowest BCUT2D eigenvalue weighted by Crippen LogP contribution is -2.13. The van der Waals surface area contributed by atoms with Crippen molar-refractivity contribution in [1.82, 2.24) is 0 Å². The molecule has 0 atom stereocenters. The summed E-state index contributed by atoms with van der Waals surface area (Å²) in [6.07, 6.45) is 3.11.